The third kappa shape index (κ3) is 2.60. The quantitative estimate of drug-likeness (QED) is 0.813. The number of hydrogen-bond acceptors (Lipinski definition) is 3. The van der Waals surface area contributed by atoms with Crippen LogP contribution < -0.4 is 15.8 Å². The number of rotatable bonds is 3. The summed E-state index contributed by atoms with van der Waals surface area (Å²) in [5.74, 6) is 0.317. The molecule has 0 fully saturated rings. The number of nitrogens with one attached hydrogen (secondary N) is 1. The van der Waals surface area contributed by atoms with Gasteiger partial charge in [0.1, 0.15) is 5.75 Å². The van der Waals surface area contributed by atoms with Gasteiger partial charge in [0.15, 0.2) is 0 Å². The van der Waals surface area contributed by atoms with Crippen LogP contribution in [0.3, 0.4) is 0 Å². The number of benzene rings is 2. The maximum absolute atomic E-state index is 12.1. The Morgan fingerprint density at radius 3 is 2.67 bits per heavy atom. The van der Waals surface area contributed by atoms with Crippen LogP contribution in [-0.4, -0.2) is 13.0 Å². The third-order valence-electron chi connectivity index (χ3n) is 2.50. The smallest absolute Gasteiger partial charge is 0.259 e. The average Bonchev–Trinajstić information content (AvgIpc) is 2.38. The van der Waals surface area contributed by atoms with Gasteiger partial charge in [0.2, 0.25) is 0 Å². The number of hydrogen-bond donors (Lipinski definition) is 2. The van der Waals surface area contributed by atoms with Crippen LogP contribution >= 0.6 is 0 Å². The molecule has 0 bridgehead atoms. The van der Waals surface area contributed by atoms with Gasteiger partial charge in [-0.1, -0.05) is 18.2 Å². The minimum Gasteiger partial charge on any atom is -0.496 e. The molecule has 0 aliphatic rings. The molecule has 0 radical (unpaired) electrons. The van der Waals surface area contributed by atoms with Crippen molar-refractivity contribution in [2.24, 2.45) is 0 Å². The van der Waals surface area contributed by atoms with Crippen molar-refractivity contribution in [3.8, 4) is 5.75 Å². The topological polar surface area (TPSA) is 64.3 Å². The Bertz CT molecular complexity index is 567. The average molecular weight is 242 g/mol. The van der Waals surface area contributed by atoms with Crippen molar-refractivity contribution < 1.29 is 9.53 Å². The molecule has 0 heterocycles. The zero-order valence-corrected chi connectivity index (χ0v) is 10.0. The molecule has 0 saturated carbocycles. The van der Waals surface area contributed by atoms with Crippen molar-refractivity contribution in [3.05, 3.63) is 54.1 Å². The lowest BCUT2D eigenvalue weighted by atomic mass is 10.2. The molecule has 4 nitrogen and oxygen atoms in total. The van der Waals surface area contributed by atoms with Gasteiger partial charge in [-0.2, -0.15) is 0 Å². The van der Waals surface area contributed by atoms with Gasteiger partial charge in [-0.25, -0.2) is 0 Å². The maximum Gasteiger partial charge on any atom is 0.259 e. The molecule has 3 N–H and O–H groups in total. The highest BCUT2D eigenvalue weighted by molar-refractivity contribution is 6.06. The van der Waals surface area contributed by atoms with Crippen LogP contribution in [0.25, 0.3) is 0 Å². The van der Waals surface area contributed by atoms with Gasteiger partial charge in [-0.15, -0.1) is 0 Å². The normalized spacial score (nSPS) is 9.83. The zero-order valence-electron chi connectivity index (χ0n) is 10.0. The molecule has 0 spiro atoms. The summed E-state index contributed by atoms with van der Waals surface area (Å²) in [6, 6.07) is 14.1. The van der Waals surface area contributed by atoms with Gasteiger partial charge in [0.25, 0.3) is 5.91 Å². The van der Waals surface area contributed by atoms with E-state index in [1.807, 2.05) is 6.07 Å². The number of ether oxygens (including phenoxy) is 1. The molecule has 0 aliphatic heterocycles. The summed E-state index contributed by atoms with van der Waals surface area (Å²) in [7, 11) is 1.53. The summed E-state index contributed by atoms with van der Waals surface area (Å²) in [6.45, 7) is 0. The van der Waals surface area contributed by atoms with E-state index in [1.54, 1.807) is 42.5 Å². The van der Waals surface area contributed by atoms with Crippen molar-refractivity contribution in [1.29, 1.82) is 0 Å². The fraction of sp³-hybridized carbons (Fsp3) is 0.0714. The lowest BCUT2D eigenvalue weighted by Gasteiger charge is -2.09. The zero-order chi connectivity index (χ0) is 13.0. The predicted octanol–water partition coefficient (Wildman–Crippen LogP) is 2.53. The van der Waals surface area contributed by atoms with Gasteiger partial charge in [0, 0.05) is 11.4 Å². The largest absolute Gasteiger partial charge is 0.496 e. The summed E-state index contributed by atoms with van der Waals surface area (Å²) >= 11 is 0. The first-order valence-electron chi connectivity index (χ1n) is 5.50. The first kappa shape index (κ1) is 12.0. The van der Waals surface area contributed by atoms with Gasteiger partial charge < -0.3 is 15.8 Å². The van der Waals surface area contributed by atoms with Crippen molar-refractivity contribution >= 4 is 17.3 Å². The number of para-hydroxylation sites is 1. The van der Waals surface area contributed by atoms with Crippen LogP contribution in [0.5, 0.6) is 5.75 Å². The van der Waals surface area contributed by atoms with Crippen LogP contribution in [0, 0.1) is 0 Å². The number of methoxy groups -OCH3 is 1. The van der Waals surface area contributed by atoms with Crippen molar-refractivity contribution in [2.75, 3.05) is 18.2 Å². The van der Waals surface area contributed by atoms with Crippen LogP contribution in [0.4, 0.5) is 11.4 Å². The number of amides is 1. The summed E-state index contributed by atoms with van der Waals surface area (Å²) < 4.78 is 5.14. The minimum atomic E-state index is -0.224. The summed E-state index contributed by atoms with van der Waals surface area (Å²) in [6.07, 6.45) is 0. The van der Waals surface area contributed by atoms with Crippen LogP contribution in [0.1, 0.15) is 10.4 Å². The molecule has 18 heavy (non-hydrogen) atoms. The fourth-order valence-electron chi connectivity index (χ4n) is 1.65. The van der Waals surface area contributed by atoms with E-state index in [-0.39, 0.29) is 5.91 Å². The lowest BCUT2D eigenvalue weighted by Crippen LogP contribution is -2.13. The van der Waals surface area contributed by atoms with Crippen LogP contribution in [0.2, 0.25) is 0 Å². The Kier molecular flexibility index (Phi) is 3.48. The summed E-state index contributed by atoms with van der Waals surface area (Å²) in [5.41, 5.74) is 7.40. The van der Waals surface area contributed by atoms with E-state index in [4.69, 9.17) is 10.5 Å². The molecule has 1 amide bonds. The SMILES string of the molecule is COc1ccccc1C(=O)Nc1cccc(N)c1. The van der Waals surface area contributed by atoms with E-state index < -0.39 is 0 Å². The first-order chi connectivity index (χ1) is 8.70. The monoisotopic (exact) mass is 242 g/mol. The van der Waals surface area contributed by atoms with Crippen LogP contribution in [0.15, 0.2) is 48.5 Å². The molecule has 0 aliphatic carbocycles. The molecule has 0 aromatic heterocycles. The molecule has 92 valence electrons. The molecule has 0 saturated heterocycles. The van der Waals surface area contributed by atoms with E-state index in [0.29, 0.717) is 22.7 Å². The highest BCUT2D eigenvalue weighted by atomic mass is 16.5. The van der Waals surface area contributed by atoms with E-state index in [1.165, 1.54) is 7.11 Å². The molecular weight excluding hydrogens is 228 g/mol. The Labute approximate surface area is 105 Å². The van der Waals surface area contributed by atoms with Gasteiger partial charge in [0.05, 0.1) is 12.7 Å². The Balaban J connectivity index is 2.22. The molecule has 2 rings (SSSR count). The molecule has 0 atom stereocenters. The van der Waals surface area contributed by atoms with Crippen molar-refractivity contribution in [1.82, 2.24) is 0 Å². The van der Waals surface area contributed by atoms with Crippen molar-refractivity contribution in [3.63, 3.8) is 0 Å². The number of carbonyl (C=O) groups excluding carboxylic acids is 1. The molecule has 2 aromatic rings. The molecule has 0 unspecified atom stereocenters. The predicted molar refractivity (Wildman–Crippen MR) is 71.8 cm³/mol. The first-order valence-corrected chi connectivity index (χ1v) is 5.50. The fourth-order valence-corrected chi connectivity index (χ4v) is 1.65. The number of carbonyl (C=O) groups is 1. The second kappa shape index (κ2) is 5.23. The van der Waals surface area contributed by atoms with E-state index in [2.05, 4.69) is 5.32 Å². The molecule has 2 aromatic carbocycles. The second-order valence-electron chi connectivity index (χ2n) is 3.78. The Morgan fingerprint density at radius 2 is 1.94 bits per heavy atom. The highest BCUT2D eigenvalue weighted by Crippen LogP contribution is 2.19. The summed E-state index contributed by atoms with van der Waals surface area (Å²) in [5, 5.41) is 2.77. The minimum absolute atomic E-state index is 0.224. The number of nitrogen functional groups attached to an aromatic ring is 1. The lowest BCUT2D eigenvalue weighted by molar-refractivity contribution is 0.102. The number of nitrogens with two attached hydrogens (primary N) is 1. The van der Waals surface area contributed by atoms with Gasteiger partial charge in [-0.3, -0.25) is 4.79 Å². The van der Waals surface area contributed by atoms with E-state index in [9.17, 15) is 4.79 Å². The Morgan fingerprint density at radius 1 is 1.17 bits per heavy atom. The second-order valence-corrected chi connectivity index (χ2v) is 3.78. The maximum atomic E-state index is 12.1. The van der Waals surface area contributed by atoms with E-state index in [0.717, 1.165) is 0 Å². The van der Waals surface area contributed by atoms with Crippen molar-refractivity contribution in [2.45, 2.75) is 0 Å². The third-order valence-corrected chi connectivity index (χ3v) is 2.50. The molecule has 4 heteroatoms. The summed E-state index contributed by atoms with van der Waals surface area (Å²) in [4.78, 5) is 12.1. The number of anilines is 2. The highest BCUT2D eigenvalue weighted by Gasteiger charge is 2.11. The van der Waals surface area contributed by atoms with Gasteiger partial charge >= 0.3 is 0 Å². The van der Waals surface area contributed by atoms with Crippen LogP contribution in [-0.2, 0) is 0 Å². The van der Waals surface area contributed by atoms with Gasteiger partial charge in [-0.05, 0) is 30.3 Å². The van der Waals surface area contributed by atoms with E-state index >= 15 is 0 Å². The standard InChI is InChI=1S/C14H14N2O2/c1-18-13-8-3-2-7-12(13)14(17)16-11-6-4-5-10(15)9-11/h2-9H,15H2,1H3,(H,16,17). The Hall–Kier alpha value is -2.49. The molecular formula is C14H14N2O2.